The van der Waals surface area contributed by atoms with Gasteiger partial charge in [0.1, 0.15) is 16.9 Å². The number of benzene rings is 3. The summed E-state index contributed by atoms with van der Waals surface area (Å²) in [4.78, 5) is 25.6. The van der Waals surface area contributed by atoms with Gasteiger partial charge in [-0.05, 0) is 30.3 Å². The third kappa shape index (κ3) is 3.85. The molecule has 1 heterocycles. The molecule has 0 bridgehead atoms. The lowest BCUT2D eigenvalue weighted by molar-refractivity contribution is 0.0731. The molecular weight excluding hydrogens is 487 g/mol. The van der Waals surface area contributed by atoms with Gasteiger partial charge in [0.15, 0.2) is 17.2 Å². The second-order valence-corrected chi connectivity index (χ2v) is 7.76. The van der Waals surface area contributed by atoms with Gasteiger partial charge in [0.25, 0.3) is 0 Å². The van der Waals surface area contributed by atoms with Gasteiger partial charge in [0, 0.05) is 16.8 Å². The molecule has 3 aromatic carbocycles. The van der Waals surface area contributed by atoms with Crippen LogP contribution >= 0.6 is 23.2 Å². The number of hydrogen-bond donors (Lipinski definition) is 0. The van der Waals surface area contributed by atoms with Gasteiger partial charge in [-0.3, -0.25) is 0 Å². The van der Waals surface area contributed by atoms with Crippen molar-refractivity contribution < 1.29 is 32.9 Å². The summed E-state index contributed by atoms with van der Waals surface area (Å²) in [5.41, 5.74) is -0.502. The number of rotatable bonds is 6. The van der Waals surface area contributed by atoms with E-state index in [0.717, 1.165) is 0 Å². The highest BCUT2D eigenvalue weighted by Crippen LogP contribution is 2.45. The summed E-state index contributed by atoms with van der Waals surface area (Å²) < 4.78 is 32.5. The minimum Gasteiger partial charge on any atom is -0.494 e. The Morgan fingerprint density at radius 1 is 0.794 bits per heavy atom. The van der Waals surface area contributed by atoms with Gasteiger partial charge in [0.2, 0.25) is 5.75 Å². The lowest BCUT2D eigenvalue weighted by Gasteiger charge is -2.15. The van der Waals surface area contributed by atoms with Crippen LogP contribution in [-0.2, 0) is 0 Å². The minimum absolute atomic E-state index is 0.0322. The number of halogens is 2. The summed E-state index contributed by atoms with van der Waals surface area (Å²) in [5, 5.41) is 1.54. The van der Waals surface area contributed by atoms with Gasteiger partial charge in [-0.2, -0.15) is 0 Å². The first-order valence-corrected chi connectivity index (χ1v) is 10.5. The van der Waals surface area contributed by atoms with Crippen LogP contribution in [0.5, 0.6) is 28.7 Å². The van der Waals surface area contributed by atoms with Crippen LogP contribution in [-0.4, -0.2) is 34.4 Å². The Labute approximate surface area is 203 Å². The van der Waals surface area contributed by atoms with E-state index in [1.54, 1.807) is 12.1 Å². The smallest absolute Gasteiger partial charge is 0.348 e. The van der Waals surface area contributed by atoms with Crippen LogP contribution in [0, 0.1) is 0 Å². The number of ether oxygens (including phenoxy) is 5. The van der Waals surface area contributed by atoms with Crippen LogP contribution in [0.1, 0.15) is 10.4 Å². The van der Waals surface area contributed by atoms with E-state index in [1.807, 2.05) is 0 Å². The first-order valence-electron chi connectivity index (χ1n) is 9.78. The largest absolute Gasteiger partial charge is 0.494 e. The van der Waals surface area contributed by atoms with E-state index in [9.17, 15) is 9.59 Å². The lowest BCUT2D eigenvalue weighted by atomic mass is 10.0. The molecule has 0 aliphatic rings. The number of esters is 1. The summed E-state index contributed by atoms with van der Waals surface area (Å²) in [6.45, 7) is 0. The zero-order valence-corrected chi connectivity index (χ0v) is 20.0. The van der Waals surface area contributed by atoms with E-state index in [0.29, 0.717) is 28.0 Å². The zero-order chi connectivity index (χ0) is 24.6. The topological polar surface area (TPSA) is 93.4 Å². The van der Waals surface area contributed by atoms with Crippen molar-refractivity contribution in [2.45, 2.75) is 0 Å². The Balaban J connectivity index is 1.86. The molecule has 10 heteroatoms. The normalized spacial score (nSPS) is 10.9. The second-order valence-electron chi connectivity index (χ2n) is 6.94. The summed E-state index contributed by atoms with van der Waals surface area (Å²) >= 11 is 12.3. The molecule has 4 aromatic rings. The maximum Gasteiger partial charge on any atom is 0.348 e. The highest BCUT2D eigenvalue weighted by Gasteiger charge is 2.24. The molecule has 0 atom stereocenters. The maximum atomic E-state index is 12.8. The van der Waals surface area contributed by atoms with Gasteiger partial charge >= 0.3 is 11.6 Å². The quantitative estimate of drug-likeness (QED) is 0.147. The molecule has 0 saturated carbocycles. The van der Waals surface area contributed by atoms with Crippen molar-refractivity contribution in [2.75, 3.05) is 28.4 Å². The third-order valence-corrected chi connectivity index (χ3v) is 5.77. The van der Waals surface area contributed by atoms with Crippen molar-refractivity contribution >= 4 is 50.9 Å². The fourth-order valence-corrected chi connectivity index (χ4v) is 4.14. The number of hydrogen-bond acceptors (Lipinski definition) is 8. The van der Waals surface area contributed by atoms with Crippen molar-refractivity contribution in [3.63, 3.8) is 0 Å². The zero-order valence-electron chi connectivity index (χ0n) is 18.5. The Kier molecular flexibility index (Phi) is 6.45. The average Bonchev–Trinajstić information content (AvgIpc) is 2.83. The molecule has 0 amide bonds. The lowest BCUT2D eigenvalue weighted by Crippen LogP contribution is -2.11. The molecular formula is C24H18Cl2O8. The molecule has 0 spiro atoms. The van der Waals surface area contributed by atoms with Gasteiger partial charge in [-0.25, -0.2) is 9.59 Å². The number of methoxy groups -OCH3 is 4. The van der Waals surface area contributed by atoms with E-state index in [4.69, 9.17) is 51.3 Å². The van der Waals surface area contributed by atoms with E-state index >= 15 is 0 Å². The van der Waals surface area contributed by atoms with Crippen LogP contribution in [0.25, 0.3) is 21.7 Å². The molecule has 1 aromatic heterocycles. The highest BCUT2D eigenvalue weighted by molar-refractivity contribution is 6.37. The van der Waals surface area contributed by atoms with E-state index in [2.05, 4.69) is 0 Å². The van der Waals surface area contributed by atoms with Crippen LogP contribution in [0.2, 0.25) is 10.0 Å². The summed E-state index contributed by atoms with van der Waals surface area (Å²) in [6.07, 6.45) is 0. The van der Waals surface area contributed by atoms with E-state index in [1.165, 1.54) is 52.7 Å². The molecule has 0 saturated heterocycles. The van der Waals surface area contributed by atoms with E-state index < -0.39 is 11.6 Å². The first-order chi connectivity index (χ1) is 16.3. The van der Waals surface area contributed by atoms with Gasteiger partial charge < -0.3 is 28.1 Å². The molecule has 0 unspecified atom stereocenters. The molecule has 0 aliphatic heterocycles. The maximum absolute atomic E-state index is 12.8. The summed E-state index contributed by atoms with van der Waals surface area (Å²) in [7, 11) is 5.73. The first kappa shape index (κ1) is 23.5. The number of carbonyl (C=O) groups is 1. The Hall–Kier alpha value is -3.62. The van der Waals surface area contributed by atoms with Crippen molar-refractivity contribution in [3.05, 3.63) is 62.4 Å². The fraction of sp³-hybridized carbons (Fsp3) is 0.167. The van der Waals surface area contributed by atoms with Crippen LogP contribution in [0.4, 0.5) is 0 Å². The van der Waals surface area contributed by atoms with Crippen LogP contribution in [0.15, 0.2) is 45.6 Å². The monoisotopic (exact) mass is 504 g/mol. The Morgan fingerprint density at radius 3 is 2.12 bits per heavy atom. The second kappa shape index (κ2) is 9.32. The van der Waals surface area contributed by atoms with Crippen molar-refractivity contribution in [1.29, 1.82) is 0 Å². The van der Waals surface area contributed by atoms with Gasteiger partial charge in [0.05, 0.1) is 43.9 Å². The van der Waals surface area contributed by atoms with Crippen molar-refractivity contribution in [2.24, 2.45) is 0 Å². The van der Waals surface area contributed by atoms with Crippen molar-refractivity contribution in [3.8, 4) is 28.7 Å². The number of carbonyl (C=O) groups excluding carboxylic acids is 1. The SMILES string of the molecule is COc1cc2c(=O)oc3cc(OC(=O)c4c(Cl)ccc(Cl)c4OC)ccc3c2c(OC)c1OC. The van der Waals surface area contributed by atoms with Crippen LogP contribution < -0.4 is 29.3 Å². The molecule has 8 nitrogen and oxygen atoms in total. The summed E-state index contributed by atoms with van der Waals surface area (Å²) in [5.74, 6) is 0.338. The average molecular weight is 505 g/mol. The number of fused-ring (bicyclic) bond motifs is 3. The standard InChI is InChI=1S/C24H18Cl2O8/c1-29-17-10-13-18(22(32-4)21(17)31-3)12-6-5-11(9-16(12)34-23(13)27)33-24(28)19-14(25)7-8-15(26)20(19)30-2/h5-10H,1-4H3. The molecule has 176 valence electrons. The molecule has 34 heavy (non-hydrogen) atoms. The predicted octanol–water partition coefficient (Wildman–Crippen LogP) is 5.51. The summed E-state index contributed by atoms with van der Waals surface area (Å²) in [6, 6.07) is 9.07. The third-order valence-electron chi connectivity index (χ3n) is 5.15. The molecule has 4 rings (SSSR count). The molecule has 0 radical (unpaired) electrons. The Morgan fingerprint density at radius 2 is 1.47 bits per heavy atom. The predicted molar refractivity (Wildman–Crippen MR) is 128 cm³/mol. The Bertz CT molecular complexity index is 1490. The molecule has 0 fully saturated rings. The van der Waals surface area contributed by atoms with Gasteiger partial charge in [-0.15, -0.1) is 0 Å². The minimum atomic E-state index is -0.796. The van der Waals surface area contributed by atoms with Crippen molar-refractivity contribution in [1.82, 2.24) is 0 Å². The van der Waals surface area contributed by atoms with Crippen LogP contribution in [0.3, 0.4) is 0 Å². The molecule has 0 aliphatic carbocycles. The fourth-order valence-electron chi connectivity index (χ4n) is 3.68. The highest BCUT2D eigenvalue weighted by atomic mass is 35.5. The molecule has 0 N–H and O–H groups in total. The van der Waals surface area contributed by atoms with E-state index in [-0.39, 0.29) is 38.1 Å². The van der Waals surface area contributed by atoms with Gasteiger partial charge in [-0.1, -0.05) is 23.2 Å².